The summed E-state index contributed by atoms with van der Waals surface area (Å²) >= 11 is 0. The van der Waals surface area contributed by atoms with Gasteiger partial charge in [0.25, 0.3) is 0 Å². The summed E-state index contributed by atoms with van der Waals surface area (Å²) in [4.78, 5) is 28.1. The van der Waals surface area contributed by atoms with E-state index in [1.807, 2.05) is 0 Å². The molecule has 1 aliphatic rings. The maximum atomic E-state index is 11.7. The molecule has 1 saturated heterocycles. The summed E-state index contributed by atoms with van der Waals surface area (Å²) in [6.07, 6.45) is 5.59. The first-order chi connectivity index (χ1) is 7.77. The zero-order valence-corrected chi connectivity index (χ0v) is 9.13. The quantitative estimate of drug-likeness (QED) is 0.621. The van der Waals surface area contributed by atoms with Crippen LogP contribution in [-0.2, 0) is 4.79 Å². The average molecular weight is 221 g/mol. The molecule has 1 amide bonds. The summed E-state index contributed by atoms with van der Waals surface area (Å²) in [7, 11) is 0. The molecule has 0 spiro atoms. The topological polar surface area (TPSA) is 55.2 Å². The van der Waals surface area contributed by atoms with Crippen molar-refractivity contribution in [3.8, 4) is 0 Å². The van der Waals surface area contributed by atoms with Crippen molar-refractivity contribution < 1.29 is 9.59 Å². The molecule has 0 aromatic carbocycles. The fourth-order valence-corrected chi connectivity index (χ4v) is 1.48. The third-order valence-electron chi connectivity index (χ3n) is 2.32. The SMILES string of the molecule is C=C.O=C1CCN(C(=O)n2ccnc2)CC1. The third kappa shape index (κ3) is 2.79. The first-order valence-corrected chi connectivity index (χ1v) is 5.06. The molecule has 1 aromatic heterocycles. The number of hydrogen-bond donors (Lipinski definition) is 0. The van der Waals surface area contributed by atoms with Crippen molar-refractivity contribution in [3.63, 3.8) is 0 Å². The smallest absolute Gasteiger partial charge is 0.323 e. The minimum absolute atomic E-state index is 0.102. The van der Waals surface area contributed by atoms with Crippen molar-refractivity contribution in [2.75, 3.05) is 13.1 Å². The second-order valence-corrected chi connectivity index (χ2v) is 3.28. The number of likely N-dealkylation sites (tertiary alicyclic amines) is 1. The van der Waals surface area contributed by atoms with Gasteiger partial charge in [-0.3, -0.25) is 9.36 Å². The molecule has 2 heterocycles. The van der Waals surface area contributed by atoms with E-state index in [4.69, 9.17) is 0 Å². The van der Waals surface area contributed by atoms with Crippen LogP contribution in [0.4, 0.5) is 4.79 Å². The monoisotopic (exact) mass is 221 g/mol. The molecular formula is C11H15N3O2. The third-order valence-corrected chi connectivity index (χ3v) is 2.32. The number of rotatable bonds is 0. The largest absolute Gasteiger partial charge is 0.329 e. The summed E-state index contributed by atoms with van der Waals surface area (Å²) in [6.45, 7) is 7.05. The number of carbonyl (C=O) groups excluding carboxylic acids is 2. The van der Waals surface area contributed by atoms with Gasteiger partial charge in [0.1, 0.15) is 12.1 Å². The van der Waals surface area contributed by atoms with Gasteiger partial charge < -0.3 is 4.90 Å². The number of aromatic nitrogens is 2. The van der Waals surface area contributed by atoms with Gasteiger partial charge in [-0.05, 0) is 0 Å². The van der Waals surface area contributed by atoms with E-state index in [0.29, 0.717) is 25.9 Å². The van der Waals surface area contributed by atoms with Crippen LogP contribution in [0.3, 0.4) is 0 Å². The molecule has 5 nitrogen and oxygen atoms in total. The summed E-state index contributed by atoms with van der Waals surface area (Å²) in [5.74, 6) is 0.236. The Morgan fingerprint density at radius 3 is 2.44 bits per heavy atom. The molecule has 0 saturated carbocycles. The number of hydrogen-bond acceptors (Lipinski definition) is 3. The molecule has 2 rings (SSSR count). The van der Waals surface area contributed by atoms with Crippen LogP contribution in [0, 0.1) is 0 Å². The van der Waals surface area contributed by atoms with Gasteiger partial charge >= 0.3 is 6.03 Å². The highest BCUT2D eigenvalue weighted by atomic mass is 16.2. The van der Waals surface area contributed by atoms with E-state index in [9.17, 15) is 9.59 Å². The molecule has 1 aromatic rings. The Morgan fingerprint density at radius 2 is 1.94 bits per heavy atom. The Labute approximate surface area is 94.4 Å². The number of imidazole rings is 1. The Hall–Kier alpha value is -1.91. The minimum Gasteiger partial charge on any atom is -0.323 e. The first-order valence-electron chi connectivity index (χ1n) is 5.06. The number of carbonyl (C=O) groups is 2. The molecule has 0 aliphatic carbocycles. The predicted octanol–water partition coefficient (Wildman–Crippen LogP) is 1.32. The Kier molecular flexibility index (Phi) is 4.44. The highest BCUT2D eigenvalue weighted by molar-refractivity contribution is 5.83. The van der Waals surface area contributed by atoms with Gasteiger partial charge in [-0.25, -0.2) is 9.78 Å². The van der Waals surface area contributed by atoms with Crippen molar-refractivity contribution >= 4 is 11.8 Å². The Morgan fingerprint density at radius 1 is 1.31 bits per heavy atom. The van der Waals surface area contributed by atoms with E-state index in [0.717, 1.165) is 0 Å². The molecular weight excluding hydrogens is 206 g/mol. The van der Waals surface area contributed by atoms with Crippen molar-refractivity contribution in [2.24, 2.45) is 0 Å². The molecule has 16 heavy (non-hydrogen) atoms. The number of amides is 1. The minimum atomic E-state index is -0.102. The Bertz CT molecular complexity index is 349. The van der Waals surface area contributed by atoms with Crippen LogP contribution in [0.1, 0.15) is 12.8 Å². The van der Waals surface area contributed by atoms with E-state index < -0.39 is 0 Å². The van der Waals surface area contributed by atoms with Crippen molar-refractivity contribution in [1.29, 1.82) is 0 Å². The molecule has 5 heteroatoms. The van der Waals surface area contributed by atoms with E-state index in [1.54, 1.807) is 17.3 Å². The lowest BCUT2D eigenvalue weighted by Crippen LogP contribution is -2.40. The molecule has 0 radical (unpaired) electrons. The second-order valence-electron chi connectivity index (χ2n) is 3.28. The van der Waals surface area contributed by atoms with Crippen molar-refractivity contribution in [3.05, 3.63) is 31.9 Å². The zero-order chi connectivity index (χ0) is 12.0. The molecule has 1 fully saturated rings. The van der Waals surface area contributed by atoms with E-state index >= 15 is 0 Å². The average Bonchev–Trinajstić information content (AvgIpc) is 2.85. The van der Waals surface area contributed by atoms with Gasteiger partial charge in [0.2, 0.25) is 0 Å². The van der Waals surface area contributed by atoms with Crippen LogP contribution in [0.15, 0.2) is 31.9 Å². The van der Waals surface area contributed by atoms with Gasteiger partial charge in [-0.1, -0.05) is 0 Å². The second kappa shape index (κ2) is 5.85. The van der Waals surface area contributed by atoms with Crippen LogP contribution in [0.5, 0.6) is 0 Å². The van der Waals surface area contributed by atoms with Crippen molar-refractivity contribution in [2.45, 2.75) is 12.8 Å². The van der Waals surface area contributed by atoms with Crippen LogP contribution < -0.4 is 0 Å². The highest BCUT2D eigenvalue weighted by Gasteiger charge is 2.21. The summed E-state index contributed by atoms with van der Waals surface area (Å²) in [5, 5.41) is 0. The molecule has 0 N–H and O–H groups in total. The summed E-state index contributed by atoms with van der Waals surface area (Å²) in [6, 6.07) is -0.102. The van der Waals surface area contributed by atoms with Gasteiger partial charge in [0.15, 0.2) is 0 Å². The summed E-state index contributed by atoms with van der Waals surface area (Å²) < 4.78 is 1.43. The fourth-order valence-electron chi connectivity index (χ4n) is 1.48. The van der Waals surface area contributed by atoms with Gasteiger partial charge in [-0.15, -0.1) is 13.2 Å². The molecule has 0 unspecified atom stereocenters. The van der Waals surface area contributed by atoms with Gasteiger partial charge in [-0.2, -0.15) is 0 Å². The molecule has 0 atom stereocenters. The maximum Gasteiger partial charge on any atom is 0.329 e. The lowest BCUT2D eigenvalue weighted by molar-refractivity contribution is -0.120. The summed E-state index contributed by atoms with van der Waals surface area (Å²) in [5.41, 5.74) is 0. The highest BCUT2D eigenvalue weighted by Crippen LogP contribution is 2.07. The van der Waals surface area contributed by atoms with Crippen LogP contribution in [0.25, 0.3) is 0 Å². The predicted molar refractivity (Wildman–Crippen MR) is 60.1 cm³/mol. The molecule has 0 bridgehead atoms. The van der Waals surface area contributed by atoms with E-state index in [-0.39, 0.29) is 11.8 Å². The number of nitrogens with zero attached hydrogens (tertiary/aromatic N) is 3. The number of ketones is 1. The van der Waals surface area contributed by atoms with Crippen LogP contribution >= 0.6 is 0 Å². The van der Waals surface area contributed by atoms with Gasteiger partial charge in [0, 0.05) is 38.3 Å². The first kappa shape index (κ1) is 12.2. The standard InChI is InChI=1S/C9H11N3O2.C2H4/c13-8-1-4-11(5-2-8)9(14)12-6-3-10-7-12;1-2/h3,6-7H,1-2,4-5H2;1-2H2. The maximum absolute atomic E-state index is 11.7. The lowest BCUT2D eigenvalue weighted by atomic mass is 10.1. The van der Waals surface area contributed by atoms with E-state index in [2.05, 4.69) is 18.1 Å². The Balaban J connectivity index is 0.000000606. The molecule has 1 aliphatic heterocycles. The van der Waals surface area contributed by atoms with Crippen LogP contribution in [0.2, 0.25) is 0 Å². The molecule has 86 valence electrons. The van der Waals surface area contributed by atoms with Crippen LogP contribution in [-0.4, -0.2) is 39.4 Å². The fraction of sp³-hybridized carbons (Fsp3) is 0.364. The van der Waals surface area contributed by atoms with E-state index in [1.165, 1.54) is 10.9 Å². The number of Topliss-reactive ketones (excluding diaryl/α,β-unsaturated/α-hetero) is 1. The zero-order valence-electron chi connectivity index (χ0n) is 9.13. The lowest BCUT2D eigenvalue weighted by Gasteiger charge is -2.25. The number of piperidine rings is 1. The normalized spacial score (nSPS) is 15.2. The van der Waals surface area contributed by atoms with Crippen molar-refractivity contribution in [1.82, 2.24) is 14.5 Å². The van der Waals surface area contributed by atoms with Gasteiger partial charge in [0.05, 0.1) is 0 Å².